The smallest absolute Gasteiger partial charge is 0.234 e. The second-order valence-corrected chi connectivity index (χ2v) is 7.57. The summed E-state index contributed by atoms with van der Waals surface area (Å²) in [5, 5.41) is 0.990. The molecule has 26 heavy (non-hydrogen) atoms. The van der Waals surface area contributed by atoms with Gasteiger partial charge in [0.15, 0.2) is 0 Å². The highest BCUT2D eigenvalue weighted by atomic mass is 35.5. The molecule has 5 nitrogen and oxygen atoms in total. The van der Waals surface area contributed by atoms with Crippen LogP contribution >= 0.6 is 11.6 Å². The topological polar surface area (TPSA) is 60.2 Å². The molecule has 4 rings (SSSR count). The van der Waals surface area contributed by atoms with Crippen LogP contribution in [0.5, 0.6) is 0 Å². The van der Waals surface area contributed by atoms with Crippen LogP contribution < -0.4 is 0 Å². The van der Waals surface area contributed by atoms with Crippen LogP contribution in [0.1, 0.15) is 42.6 Å². The molecule has 0 aliphatic heterocycles. The van der Waals surface area contributed by atoms with Gasteiger partial charge in [-0.2, -0.15) is 0 Å². The Labute approximate surface area is 155 Å². The third-order valence-corrected chi connectivity index (χ3v) is 4.54. The van der Waals surface area contributed by atoms with E-state index >= 15 is 0 Å². The third kappa shape index (κ3) is 2.74. The maximum absolute atomic E-state index is 13.1. The van der Waals surface area contributed by atoms with Crippen molar-refractivity contribution in [2.45, 2.75) is 26.2 Å². The van der Waals surface area contributed by atoms with Gasteiger partial charge in [0.1, 0.15) is 10.8 Å². The number of para-hydroxylation sites is 1. The molecule has 0 spiro atoms. The zero-order chi connectivity index (χ0) is 18.5. The average molecular weight is 365 g/mol. The molecule has 0 aliphatic rings. The molecule has 4 aromatic rings. The molecule has 0 saturated heterocycles. The number of carbonyl (C=O) groups is 1. The van der Waals surface area contributed by atoms with Gasteiger partial charge in [0.25, 0.3) is 0 Å². The molecule has 0 N–H and O–H groups in total. The van der Waals surface area contributed by atoms with Crippen LogP contribution in [0, 0.1) is 0 Å². The van der Waals surface area contributed by atoms with Gasteiger partial charge in [0, 0.05) is 23.2 Å². The summed E-state index contributed by atoms with van der Waals surface area (Å²) in [5.74, 6) is -0.226. The first-order valence-corrected chi connectivity index (χ1v) is 8.67. The number of imidazole rings is 1. The van der Waals surface area contributed by atoms with Gasteiger partial charge < -0.3 is 4.40 Å². The Bertz CT molecular complexity index is 1160. The third-order valence-electron chi connectivity index (χ3n) is 4.26. The van der Waals surface area contributed by atoms with Gasteiger partial charge in [-0.15, -0.1) is 0 Å². The Balaban J connectivity index is 1.88. The molecule has 3 heterocycles. The molecule has 0 bridgehead atoms. The van der Waals surface area contributed by atoms with E-state index < -0.39 is 0 Å². The first kappa shape index (κ1) is 16.7. The Hall–Kier alpha value is -2.79. The summed E-state index contributed by atoms with van der Waals surface area (Å²) in [4.78, 5) is 26.3. The van der Waals surface area contributed by atoms with Crippen molar-refractivity contribution in [1.82, 2.24) is 19.4 Å². The molecule has 0 amide bonds. The average Bonchev–Trinajstić information content (AvgIpc) is 3.06. The molecular formula is C20H17ClN4O. The molecule has 0 aliphatic carbocycles. The summed E-state index contributed by atoms with van der Waals surface area (Å²) in [6.45, 7) is 6.26. The Morgan fingerprint density at radius 3 is 2.58 bits per heavy atom. The Kier molecular flexibility index (Phi) is 3.77. The molecule has 1 aromatic carbocycles. The molecule has 0 unspecified atom stereocenters. The summed E-state index contributed by atoms with van der Waals surface area (Å²) in [5.41, 5.74) is 2.48. The van der Waals surface area contributed by atoms with Crippen molar-refractivity contribution in [2.75, 3.05) is 0 Å². The summed E-state index contributed by atoms with van der Waals surface area (Å²) < 4.78 is 1.86. The quantitative estimate of drug-likeness (QED) is 0.389. The van der Waals surface area contributed by atoms with Gasteiger partial charge in [0.05, 0.1) is 16.8 Å². The first-order chi connectivity index (χ1) is 12.3. The molecule has 0 fully saturated rings. The van der Waals surface area contributed by atoms with Crippen LogP contribution in [0.2, 0.25) is 5.15 Å². The Morgan fingerprint density at radius 2 is 1.81 bits per heavy atom. The lowest BCUT2D eigenvalue weighted by atomic mass is 9.93. The van der Waals surface area contributed by atoms with Crippen LogP contribution in [0.3, 0.4) is 0 Å². The highest BCUT2D eigenvalue weighted by molar-refractivity contribution is 6.34. The maximum Gasteiger partial charge on any atom is 0.234 e. The maximum atomic E-state index is 13.1. The number of hydrogen-bond donors (Lipinski definition) is 0. The van der Waals surface area contributed by atoms with Gasteiger partial charge in [-0.25, -0.2) is 15.0 Å². The van der Waals surface area contributed by atoms with E-state index in [0.717, 1.165) is 11.1 Å². The summed E-state index contributed by atoms with van der Waals surface area (Å²) in [7, 11) is 0. The molecule has 3 aromatic heterocycles. The second kappa shape index (κ2) is 5.88. The van der Waals surface area contributed by atoms with Gasteiger partial charge in [0.2, 0.25) is 11.6 Å². The number of halogens is 1. The van der Waals surface area contributed by atoms with Crippen LogP contribution in [0.4, 0.5) is 0 Å². The standard InChI is InChI=1S/C20H17ClN4O/c1-20(2,3)15-11-25-10-6-8-13(19(25)23-15)16(26)18-22-14-9-5-4-7-12(14)17(21)24-18/h4-11H,1-3H3. The Morgan fingerprint density at radius 1 is 1.04 bits per heavy atom. The fourth-order valence-corrected chi connectivity index (χ4v) is 3.05. The van der Waals surface area contributed by atoms with Gasteiger partial charge >= 0.3 is 0 Å². The van der Waals surface area contributed by atoms with Crippen LogP contribution in [0.15, 0.2) is 48.8 Å². The van der Waals surface area contributed by atoms with E-state index in [1.807, 2.05) is 47.1 Å². The van der Waals surface area contributed by atoms with E-state index in [0.29, 0.717) is 16.7 Å². The highest BCUT2D eigenvalue weighted by Gasteiger charge is 2.22. The van der Waals surface area contributed by atoms with Crippen molar-refractivity contribution in [3.05, 3.63) is 71.0 Å². The number of ketones is 1. The van der Waals surface area contributed by atoms with E-state index in [9.17, 15) is 4.79 Å². The van der Waals surface area contributed by atoms with E-state index in [1.165, 1.54) is 0 Å². The van der Waals surface area contributed by atoms with Crippen LogP contribution in [0.25, 0.3) is 16.6 Å². The number of fused-ring (bicyclic) bond motifs is 2. The van der Waals surface area contributed by atoms with E-state index in [-0.39, 0.29) is 22.2 Å². The zero-order valence-corrected chi connectivity index (χ0v) is 15.4. The monoisotopic (exact) mass is 364 g/mol. The van der Waals surface area contributed by atoms with Gasteiger partial charge in [-0.1, -0.05) is 44.5 Å². The van der Waals surface area contributed by atoms with Crippen LogP contribution in [-0.4, -0.2) is 25.1 Å². The van der Waals surface area contributed by atoms with Crippen molar-refractivity contribution in [1.29, 1.82) is 0 Å². The summed E-state index contributed by atoms with van der Waals surface area (Å²) in [6, 6.07) is 10.9. The number of pyridine rings is 1. The minimum Gasteiger partial charge on any atom is -0.306 e. The van der Waals surface area contributed by atoms with E-state index in [4.69, 9.17) is 11.6 Å². The van der Waals surface area contributed by atoms with Crippen molar-refractivity contribution >= 4 is 33.9 Å². The number of hydrogen-bond acceptors (Lipinski definition) is 4. The van der Waals surface area contributed by atoms with Crippen molar-refractivity contribution in [3.8, 4) is 0 Å². The molecule has 0 radical (unpaired) electrons. The fraction of sp³-hybridized carbons (Fsp3) is 0.200. The fourth-order valence-electron chi connectivity index (χ4n) is 2.81. The van der Waals surface area contributed by atoms with E-state index in [1.54, 1.807) is 6.07 Å². The van der Waals surface area contributed by atoms with Crippen molar-refractivity contribution in [3.63, 3.8) is 0 Å². The second-order valence-electron chi connectivity index (χ2n) is 7.21. The minimum absolute atomic E-state index is 0.0714. The highest BCUT2D eigenvalue weighted by Crippen LogP contribution is 2.25. The van der Waals surface area contributed by atoms with Gasteiger partial charge in [-0.3, -0.25) is 4.79 Å². The predicted octanol–water partition coefficient (Wildman–Crippen LogP) is 4.46. The SMILES string of the molecule is CC(C)(C)c1cn2cccc(C(=O)c3nc(Cl)c4ccccc4n3)c2n1. The van der Waals surface area contributed by atoms with Crippen molar-refractivity contribution in [2.24, 2.45) is 0 Å². The predicted molar refractivity (Wildman–Crippen MR) is 102 cm³/mol. The molecule has 130 valence electrons. The van der Waals surface area contributed by atoms with Gasteiger partial charge in [-0.05, 0) is 24.3 Å². The lowest BCUT2D eigenvalue weighted by molar-refractivity contribution is 0.103. The van der Waals surface area contributed by atoms with Crippen molar-refractivity contribution < 1.29 is 4.79 Å². The first-order valence-electron chi connectivity index (χ1n) is 8.30. The molecular weight excluding hydrogens is 348 g/mol. The van der Waals surface area contributed by atoms with E-state index in [2.05, 4.69) is 35.7 Å². The number of rotatable bonds is 2. The molecule has 0 saturated carbocycles. The lowest BCUT2D eigenvalue weighted by Crippen LogP contribution is -2.11. The largest absolute Gasteiger partial charge is 0.306 e. The number of aromatic nitrogens is 4. The number of carbonyl (C=O) groups excluding carboxylic acids is 1. The number of benzene rings is 1. The molecule has 6 heteroatoms. The molecule has 0 atom stereocenters. The minimum atomic E-state index is -0.297. The zero-order valence-electron chi connectivity index (χ0n) is 14.7. The summed E-state index contributed by atoms with van der Waals surface area (Å²) >= 11 is 6.25. The normalized spacial score (nSPS) is 12.0. The number of nitrogens with zero attached hydrogens (tertiary/aromatic N) is 4. The van der Waals surface area contributed by atoms with Crippen LogP contribution in [-0.2, 0) is 5.41 Å². The lowest BCUT2D eigenvalue weighted by Gasteiger charge is -2.13. The summed E-state index contributed by atoms with van der Waals surface area (Å²) in [6.07, 6.45) is 3.82.